The van der Waals surface area contributed by atoms with Gasteiger partial charge < -0.3 is 10.6 Å². The molecule has 0 radical (unpaired) electrons. The van der Waals surface area contributed by atoms with Crippen LogP contribution in [0, 0.1) is 6.92 Å². The average Bonchev–Trinajstić information content (AvgIpc) is 3.00. The second kappa shape index (κ2) is 8.82. The number of anilines is 1. The summed E-state index contributed by atoms with van der Waals surface area (Å²) in [6.07, 6.45) is 6.63. The third-order valence-corrected chi connectivity index (χ3v) is 8.70. The Hall–Kier alpha value is -2.46. The maximum atomic E-state index is 13.1. The number of rotatable bonds is 5. The molecule has 0 unspecified atom stereocenters. The fourth-order valence-corrected chi connectivity index (χ4v) is 6.63. The highest BCUT2D eigenvalue weighted by molar-refractivity contribution is 7.89. The zero-order valence-corrected chi connectivity index (χ0v) is 19.2. The first-order valence-corrected chi connectivity index (χ1v) is 12.7. The average molecular weight is 463 g/mol. The maximum Gasteiger partial charge on any atom is 0.325 e. The number of hydrogen-bond acceptors (Lipinski definition) is 5. The van der Waals surface area contributed by atoms with Crippen LogP contribution in [0.1, 0.15) is 56.9 Å². The predicted octanol–water partition coefficient (Wildman–Crippen LogP) is 2.36. The van der Waals surface area contributed by atoms with Crippen molar-refractivity contribution in [3.63, 3.8) is 0 Å². The molecule has 0 atom stereocenters. The SMILES string of the molecule is Cc1ccc(NC(=O)CN2C(=O)NC3(CCCCC3)C2=O)cc1S(=O)(=O)N1CCCCC1. The van der Waals surface area contributed by atoms with Crippen molar-refractivity contribution in [1.29, 1.82) is 0 Å². The van der Waals surface area contributed by atoms with Gasteiger partial charge in [0.1, 0.15) is 12.1 Å². The van der Waals surface area contributed by atoms with Gasteiger partial charge in [0.15, 0.2) is 0 Å². The van der Waals surface area contributed by atoms with Crippen LogP contribution in [0.2, 0.25) is 0 Å². The predicted molar refractivity (Wildman–Crippen MR) is 118 cm³/mol. The van der Waals surface area contributed by atoms with Crippen LogP contribution in [-0.2, 0) is 19.6 Å². The summed E-state index contributed by atoms with van der Waals surface area (Å²) in [5, 5.41) is 5.43. The lowest BCUT2D eigenvalue weighted by Crippen LogP contribution is -2.48. The third kappa shape index (κ3) is 4.25. The first-order chi connectivity index (χ1) is 15.2. The molecule has 174 valence electrons. The summed E-state index contributed by atoms with van der Waals surface area (Å²) in [6.45, 7) is 2.30. The largest absolute Gasteiger partial charge is 0.325 e. The molecule has 9 nitrogen and oxygen atoms in total. The van der Waals surface area contributed by atoms with Crippen LogP contribution >= 0.6 is 0 Å². The van der Waals surface area contributed by atoms with Gasteiger partial charge in [-0.1, -0.05) is 31.7 Å². The highest BCUT2D eigenvalue weighted by atomic mass is 32.2. The molecule has 0 bridgehead atoms. The molecule has 4 amide bonds. The number of benzene rings is 1. The van der Waals surface area contributed by atoms with Crippen molar-refractivity contribution >= 4 is 33.6 Å². The molecular weight excluding hydrogens is 432 g/mol. The molecule has 4 rings (SSSR count). The van der Waals surface area contributed by atoms with E-state index in [0.29, 0.717) is 37.2 Å². The van der Waals surface area contributed by atoms with Crippen molar-refractivity contribution in [1.82, 2.24) is 14.5 Å². The van der Waals surface area contributed by atoms with Gasteiger partial charge in [-0.05, 0) is 50.3 Å². The van der Waals surface area contributed by atoms with E-state index in [2.05, 4.69) is 10.6 Å². The van der Waals surface area contributed by atoms with E-state index in [1.807, 2.05) is 0 Å². The number of amides is 4. The summed E-state index contributed by atoms with van der Waals surface area (Å²) >= 11 is 0. The Labute approximate surface area is 188 Å². The fourth-order valence-electron chi connectivity index (χ4n) is 4.86. The molecule has 3 fully saturated rings. The number of urea groups is 1. The molecule has 32 heavy (non-hydrogen) atoms. The molecule has 1 aromatic rings. The lowest BCUT2D eigenvalue weighted by Gasteiger charge is -2.30. The minimum Gasteiger partial charge on any atom is -0.324 e. The monoisotopic (exact) mass is 462 g/mol. The minimum atomic E-state index is -3.66. The van der Waals surface area contributed by atoms with Crippen molar-refractivity contribution in [3.8, 4) is 0 Å². The summed E-state index contributed by atoms with van der Waals surface area (Å²) < 4.78 is 27.7. The number of carbonyl (C=O) groups excluding carboxylic acids is 3. The van der Waals surface area contributed by atoms with E-state index < -0.39 is 34.0 Å². The highest BCUT2D eigenvalue weighted by Crippen LogP contribution is 2.33. The van der Waals surface area contributed by atoms with Crippen molar-refractivity contribution in [2.24, 2.45) is 0 Å². The molecule has 1 spiro atoms. The van der Waals surface area contributed by atoms with Crippen LogP contribution in [0.4, 0.5) is 10.5 Å². The van der Waals surface area contributed by atoms with Crippen LogP contribution < -0.4 is 10.6 Å². The van der Waals surface area contributed by atoms with E-state index >= 15 is 0 Å². The van der Waals surface area contributed by atoms with Gasteiger partial charge in [-0.15, -0.1) is 0 Å². The Bertz CT molecular complexity index is 1030. The van der Waals surface area contributed by atoms with E-state index in [-0.39, 0.29) is 10.8 Å². The van der Waals surface area contributed by atoms with Gasteiger partial charge in [0.25, 0.3) is 5.91 Å². The number of nitrogens with zero attached hydrogens (tertiary/aromatic N) is 2. The molecule has 2 aliphatic heterocycles. The Morgan fingerprint density at radius 3 is 2.41 bits per heavy atom. The van der Waals surface area contributed by atoms with Crippen molar-refractivity contribution < 1.29 is 22.8 Å². The van der Waals surface area contributed by atoms with Gasteiger partial charge in [0, 0.05) is 18.8 Å². The van der Waals surface area contributed by atoms with Crippen LogP contribution in [0.3, 0.4) is 0 Å². The number of aryl methyl sites for hydroxylation is 1. The molecule has 2 N–H and O–H groups in total. The smallest absolute Gasteiger partial charge is 0.324 e. The quantitative estimate of drug-likeness (QED) is 0.652. The molecule has 10 heteroatoms. The first-order valence-electron chi connectivity index (χ1n) is 11.3. The molecule has 3 aliphatic rings. The second-order valence-electron chi connectivity index (χ2n) is 8.96. The van der Waals surface area contributed by atoms with Gasteiger partial charge in [-0.2, -0.15) is 4.31 Å². The maximum absolute atomic E-state index is 13.1. The van der Waals surface area contributed by atoms with Gasteiger partial charge >= 0.3 is 6.03 Å². The summed E-state index contributed by atoms with van der Waals surface area (Å²) in [4.78, 5) is 39.0. The number of nitrogens with one attached hydrogen (secondary N) is 2. The Morgan fingerprint density at radius 1 is 1.06 bits per heavy atom. The van der Waals surface area contributed by atoms with Crippen molar-refractivity contribution in [3.05, 3.63) is 23.8 Å². The van der Waals surface area contributed by atoms with Crippen LogP contribution in [0.15, 0.2) is 23.1 Å². The second-order valence-corrected chi connectivity index (χ2v) is 10.9. The van der Waals surface area contributed by atoms with Crippen molar-refractivity contribution in [2.45, 2.75) is 68.7 Å². The van der Waals surface area contributed by atoms with Crippen molar-refractivity contribution in [2.75, 3.05) is 25.0 Å². The van der Waals surface area contributed by atoms with Gasteiger partial charge in [0.2, 0.25) is 15.9 Å². The zero-order chi connectivity index (χ0) is 22.9. The Morgan fingerprint density at radius 2 is 1.72 bits per heavy atom. The number of carbonyl (C=O) groups is 3. The normalized spacial score (nSPS) is 21.6. The number of imide groups is 1. The van der Waals surface area contributed by atoms with E-state index in [1.54, 1.807) is 19.1 Å². The van der Waals surface area contributed by atoms with Gasteiger partial charge in [0.05, 0.1) is 4.90 Å². The summed E-state index contributed by atoms with van der Waals surface area (Å²) in [5.41, 5.74) is 0.0346. The highest BCUT2D eigenvalue weighted by Gasteiger charge is 2.51. The molecule has 0 aromatic heterocycles. The molecule has 2 saturated heterocycles. The van der Waals surface area contributed by atoms with E-state index in [9.17, 15) is 22.8 Å². The van der Waals surface area contributed by atoms with E-state index in [1.165, 1.54) is 10.4 Å². The number of hydrogen-bond donors (Lipinski definition) is 2. The van der Waals surface area contributed by atoms with Gasteiger partial charge in [-0.3, -0.25) is 14.5 Å². The van der Waals surface area contributed by atoms with E-state index in [0.717, 1.165) is 43.4 Å². The fraction of sp³-hybridized carbons (Fsp3) is 0.591. The summed E-state index contributed by atoms with van der Waals surface area (Å²) in [5.74, 6) is -0.902. The Kier molecular flexibility index (Phi) is 6.26. The molecule has 1 aromatic carbocycles. The first kappa shape index (κ1) is 22.7. The number of piperidine rings is 1. The molecule has 1 aliphatic carbocycles. The minimum absolute atomic E-state index is 0.161. The van der Waals surface area contributed by atoms with Crippen LogP contribution in [-0.4, -0.2) is 60.6 Å². The van der Waals surface area contributed by atoms with Crippen LogP contribution in [0.5, 0.6) is 0 Å². The van der Waals surface area contributed by atoms with Gasteiger partial charge in [-0.25, -0.2) is 13.2 Å². The Balaban J connectivity index is 1.46. The van der Waals surface area contributed by atoms with E-state index in [4.69, 9.17) is 0 Å². The standard InChI is InChI=1S/C22H30N4O5S/c1-16-8-9-17(14-18(16)32(30,31)25-12-6-3-7-13-25)23-19(27)15-26-20(28)22(24-21(26)29)10-4-2-5-11-22/h8-9,14H,2-7,10-13,15H2,1H3,(H,23,27)(H,24,29). The lowest BCUT2D eigenvalue weighted by molar-refractivity contribution is -0.134. The number of sulfonamides is 1. The molecule has 2 heterocycles. The molecular formula is C22H30N4O5S. The molecule has 1 saturated carbocycles. The van der Waals surface area contributed by atoms with Crippen LogP contribution in [0.25, 0.3) is 0 Å². The summed E-state index contributed by atoms with van der Waals surface area (Å²) in [7, 11) is -3.66. The third-order valence-electron chi connectivity index (χ3n) is 6.66. The topological polar surface area (TPSA) is 116 Å². The summed E-state index contributed by atoms with van der Waals surface area (Å²) in [6, 6.07) is 4.17. The lowest BCUT2D eigenvalue weighted by atomic mass is 9.82. The zero-order valence-electron chi connectivity index (χ0n) is 18.4.